The molecule has 3 aromatic carbocycles. The zero-order valence-electron chi connectivity index (χ0n) is 31.6. The Labute approximate surface area is 325 Å². The summed E-state index contributed by atoms with van der Waals surface area (Å²) in [4.78, 5) is 65.5. The molecule has 6 rings (SSSR count). The van der Waals surface area contributed by atoms with Crippen LogP contribution in [-0.4, -0.2) is 93.0 Å². The van der Waals surface area contributed by atoms with Crippen molar-refractivity contribution >= 4 is 56.8 Å². The van der Waals surface area contributed by atoms with Crippen LogP contribution in [0.5, 0.6) is 0 Å². The van der Waals surface area contributed by atoms with Gasteiger partial charge in [-0.15, -0.1) is 0 Å². The number of pyridine rings is 1. The summed E-state index contributed by atoms with van der Waals surface area (Å²) in [5.74, 6) is -0.636. The third-order valence-electron chi connectivity index (χ3n) is 10.2. The summed E-state index contributed by atoms with van der Waals surface area (Å²) in [5.41, 5.74) is 2.52. The molecule has 55 heavy (non-hydrogen) atoms. The number of carbonyl (C=O) groups is 3. The lowest BCUT2D eigenvalue weighted by molar-refractivity contribution is -0.140. The van der Waals surface area contributed by atoms with Crippen LogP contribution < -0.4 is 16.2 Å². The molecule has 5 aromatic rings. The van der Waals surface area contributed by atoms with Gasteiger partial charge in [0.15, 0.2) is 0 Å². The van der Waals surface area contributed by atoms with Gasteiger partial charge >= 0.3 is 0 Å². The average molecular weight is 766 g/mol. The Morgan fingerprint density at radius 1 is 0.982 bits per heavy atom. The van der Waals surface area contributed by atoms with Gasteiger partial charge in [0.1, 0.15) is 0 Å². The van der Waals surface area contributed by atoms with Gasteiger partial charge in [-0.1, -0.05) is 48.0 Å². The Kier molecular flexibility index (Phi) is 12.6. The maximum atomic E-state index is 14.0. The van der Waals surface area contributed by atoms with Gasteiger partial charge in [-0.05, 0) is 95.1 Å². The summed E-state index contributed by atoms with van der Waals surface area (Å²) in [6.07, 6.45) is 4.12. The molecule has 3 amide bonds. The van der Waals surface area contributed by atoms with Gasteiger partial charge in [0.2, 0.25) is 11.8 Å². The summed E-state index contributed by atoms with van der Waals surface area (Å²) in [6.45, 7) is 3.63. The Hall–Kier alpha value is -5.17. The highest BCUT2D eigenvalue weighted by Gasteiger charge is 2.36. The molecular formula is C42H48ClN7O5. The molecule has 3 N–H and O–H groups in total. The molecule has 12 nitrogen and oxygen atoms in total. The van der Waals surface area contributed by atoms with Gasteiger partial charge in [0, 0.05) is 60.8 Å². The van der Waals surface area contributed by atoms with Crippen molar-refractivity contribution in [2.75, 3.05) is 45.6 Å². The summed E-state index contributed by atoms with van der Waals surface area (Å²) in [7, 11) is 3.80. The van der Waals surface area contributed by atoms with Crippen molar-refractivity contribution in [2.24, 2.45) is 5.92 Å². The normalized spacial score (nSPS) is 14.6. The molecular weight excluding hydrogens is 718 g/mol. The molecule has 1 aliphatic heterocycles. The molecule has 1 aliphatic rings. The van der Waals surface area contributed by atoms with E-state index in [-0.39, 0.29) is 35.7 Å². The Bertz CT molecular complexity index is 2240. The number of fused-ring (bicyclic) bond motifs is 2. The molecule has 1 saturated heterocycles. The second-order valence-electron chi connectivity index (χ2n) is 14.8. The van der Waals surface area contributed by atoms with Gasteiger partial charge in [0.25, 0.3) is 11.5 Å². The topological polar surface area (TPSA) is 150 Å². The van der Waals surface area contributed by atoms with Crippen LogP contribution in [0, 0.1) is 12.8 Å². The number of halogens is 1. The van der Waals surface area contributed by atoms with E-state index in [1.54, 1.807) is 42.5 Å². The van der Waals surface area contributed by atoms with E-state index in [0.717, 1.165) is 16.6 Å². The van der Waals surface area contributed by atoms with E-state index >= 15 is 0 Å². The maximum Gasteiger partial charge on any atom is 0.261 e. The van der Waals surface area contributed by atoms with Crippen LogP contribution in [0.3, 0.4) is 0 Å². The van der Waals surface area contributed by atoms with E-state index in [0.29, 0.717) is 97.4 Å². The van der Waals surface area contributed by atoms with E-state index < -0.39 is 5.60 Å². The highest BCUT2D eigenvalue weighted by molar-refractivity contribution is 6.35. The number of aliphatic hydroxyl groups is 1. The molecule has 0 saturated carbocycles. The molecule has 3 heterocycles. The minimum atomic E-state index is -1.20. The molecule has 0 bridgehead atoms. The van der Waals surface area contributed by atoms with Gasteiger partial charge in [0.05, 0.1) is 39.9 Å². The number of benzene rings is 3. The van der Waals surface area contributed by atoms with Crippen molar-refractivity contribution in [2.45, 2.75) is 57.6 Å². The van der Waals surface area contributed by atoms with Crippen molar-refractivity contribution < 1.29 is 19.5 Å². The molecule has 0 radical (unpaired) electrons. The first kappa shape index (κ1) is 39.5. The standard InChI is InChI=1S/C42H48ClN7O5/c1-28-22-35(43)33-13-11-30(24-37(33)46-28)39(52)44-18-7-10-31(23-29-8-5-4-6-9-29)40(53)49-20-16-42(55,17-21-49)26-50-27-45-36-25-32(12-14-34(36)41(50)54)47-38(51)15-19-48(2)3/h4-6,8-9,11-14,22,24-25,27,31,55H,7,10,15-21,23,26H2,1-3H3,(H,44,52)(H,47,51)/t31-/m0/s1. The lowest BCUT2D eigenvalue weighted by atomic mass is 9.88. The second kappa shape index (κ2) is 17.5. The molecule has 13 heteroatoms. The van der Waals surface area contributed by atoms with Gasteiger partial charge < -0.3 is 25.5 Å². The van der Waals surface area contributed by atoms with Crippen LogP contribution in [0.2, 0.25) is 5.02 Å². The number of aryl methyl sites for hydroxylation is 1. The largest absolute Gasteiger partial charge is 0.388 e. The third-order valence-corrected chi connectivity index (χ3v) is 10.5. The number of nitrogens with one attached hydrogen (secondary N) is 2. The minimum absolute atomic E-state index is 0.0132. The van der Waals surface area contributed by atoms with E-state index in [1.165, 1.54) is 10.9 Å². The number of rotatable bonds is 14. The van der Waals surface area contributed by atoms with E-state index in [9.17, 15) is 24.3 Å². The zero-order valence-corrected chi connectivity index (χ0v) is 32.3. The van der Waals surface area contributed by atoms with Crippen molar-refractivity contribution in [1.29, 1.82) is 0 Å². The highest BCUT2D eigenvalue weighted by atomic mass is 35.5. The summed E-state index contributed by atoms with van der Waals surface area (Å²) in [6, 6.07) is 22.0. The molecule has 2 aromatic heterocycles. The zero-order chi connectivity index (χ0) is 39.1. The minimum Gasteiger partial charge on any atom is -0.388 e. The monoisotopic (exact) mass is 765 g/mol. The predicted octanol–water partition coefficient (Wildman–Crippen LogP) is 5.22. The lowest BCUT2D eigenvalue weighted by Gasteiger charge is -2.39. The SMILES string of the molecule is Cc1cc(Cl)c2ccc(C(=O)NCCC[C@@H](Cc3ccccc3)C(=O)N3CCC(O)(Cn4cnc5cc(NC(=O)CCN(C)C)ccc5c4=O)CC3)cc2n1. The lowest BCUT2D eigenvalue weighted by Crippen LogP contribution is -2.51. The number of nitrogens with zero attached hydrogens (tertiary/aromatic N) is 5. The maximum absolute atomic E-state index is 14.0. The molecule has 1 fully saturated rings. The number of carbonyl (C=O) groups excluding carboxylic acids is 3. The number of piperidine rings is 1. The van der Waals surface area contributed by atoms with Crippen LogP contribution in [0.4, 0.5) is 5.69 Å². The predicted molar refractivity (Wildman–Crippen MR) is 215 cm³/mol. The fourth-order valence-electron chi connectivity index (χ4n) is 7.09. The summed E-state index contributed by atoms with van der Waals surface area (Å²) in [5, 5.41) is 19.2. The fourth-order valence-corrected chi connectivity index (χ4v) is 7.41. The highest BCUT2D eigenvalue weighted by Crippen LogP contribution is 2.28. The van der Waals surface area contributed by atoms with Crippen LogP contribution in [0.25, 0.3) is 21.8 Å². The Balaban J connectivity index is 1.05. The fraction of sp³-hybridized carbons (Fsp3) is 0.381. The van der Waals surface area contributed by atoms with Crippen molar-refractivity contribution in [3.8, 4) is 0 Å². The molecule has 0 spiro atoms. The average Bonchev–Trinajstić information content (AvgIpc) is 3.16. The smallest absolute Gasteiger partial charge is 0.261 e. The quantitative estimate of drug-likeness (QED) is 0.130. The van der Waals surface area contributed by atoms with Crippen molar-refractivity contribution in [3.05, 3.63) is 111 Å². The van der Waals surface area contributed by atoms with Crippen LogP contribution >= 0.6 is 11.6 Å². The van der Waals surface area contributed by atoms with E-state index in [4.69, 9.17) is 11.6 Å². The number of hydrogen-bond donors (Lipinski definition) is 3. The number of likely N-dealkylation sites (tertiary alicyclic amines) is 1. The van der Waals surface area contributed by atoms with Crippen LogP contribution in [0.1, 0.15) is 53.7 Å². The molecule has 1 atom stereocenters. The summed E-state index contributed by atoms with van der Waals surface area (Å²) < 4.78 is 1.42. The number of hydrogen-bond acceptors (Lipinski definition) is 8. The number of aromatic nitrogens is 3. The first-order valence-corrected chi connectivity index (χ1v) is 19.1. The second-order valence-corrected chi connectivity index (χ2v) is 15.2. The first-order valence-electron chi connectivity index (χ1n) is 18.7. The Morgan fingerprint density at radius 2 is 1.73 bits per heavy atom. The van der Waals surface area contributed by atoms with Gasteiger partial charge in [-0.3, -0.25) is 28.7 Å². The van der Waals surface area contributed by atoms with Crippen LogP contribution in [-0.2, 0) is 22.6 Å². The van der Waals surface area contributed by atoms with Crippen molar-refractivity contribution in [1.82, 2.24) is 29.7 Å². The molecule has 288 valence electrons. The number of amides is 3. The number of anilines is 1. The summed E-state index contributed by atoms with van der Waals surface area (Å²) >= 11 is 6.35. The molecule has 0 aliphatic carbocycles. The first-order chi connectivity index (χ1) is 26.4. The van der Waals surface area contributed by atoms with Crippen LogP contribution in [0.15, 0.2) is 83.9 Å². The van der Waals surface area contributed by atoms with E-state index in [1.807, 2.05) is 61.2 Å². The van der Waals surface area contributed by atoms with Gasteiger partial charge in [-0.2, -0.15) is 0 Å². The van der Waals surface area contributed by atoms with Gasteiger partial charge in [-0.25, -0.2) is 4.98 Å². The Morgan fingerprint density at radius 3 is 2.47 bits per heavy atom. The molecule has 0 unspecified atom stereocenters. The third kappa shape index (κ3) is 10.1. The van der Waals surface area contributed by atoms with Crippen molar-refractivity contribution in [3.63, 3.8) is 0 Å². The van der Waals surface area contributed by atoms with E-state index in [2.05, 4.69) is 20.6 Å².